The van der Waals surface area contributed by atoms with Crippen LogP contribution in [0.2, 0.25) is 0 Å². The number of hydrogen-bond donors (Lipinski definition) is 0. The molecule has 1 heterocycles. The summed E-state index contributed by atoms with van der Waals surface area (Å²) in [5.41, 5.74) is 1.56. The number of rotatable bonds is 9. The fourth-order valence-electron chi connectivity index (χ4n) is 2.88. The van der Waals surface area contributed by atoms with E-state index in [1.54, 1.807) is 36.7 Å². The molecule has 0 saturated heterocycles. The van der Waals surface area contributed by atoms with Gasteiger partial charge >= 0.3 is 0 Å². The number of carbonyl (C=O) groups excluding carboxylic acids is 1. The Kier molecular flexibility index (Phi) is 6.91. The van der Waals surface area contributed by atoms with Crippen molar-refractivity contribution in [2.45, 2.75) is 46.8 Å². The fourth-order valence-corrected chi connectivity index (χ4v) is 2.88. The van der Waals surface area contributed by atoms with Crippen LogP contribution in [0.3, 0.4) is 0 Å². The minimum Gasteiger partial charge on any atom is -0.493 e. The van der Waals surface area contributed by atoms with Gasteiger partial charge in [-0.2, -0.15) is 5.10 Å². The van der Waals surface area contributed by atoms with Crippen LogP contribution in [0.25, 0.3) is 16.9 Å². The molecule has 0 N–H and O–H groups in total. The molecule has 31 heavy (non-hydrogen) atoms. The predicted molar refractivity (Wildman–Crippen MR) is 119 cm³/mol. The molecule has 1 aromatic heterocycles. The van der Waals surface area contributed by atoms with E-state index in [0.29, 0.717) is 29.6 Å². The molecule has 0 unspecified atom stereocenters. The highest BCUT2D eigenvalue weighted by molar-refractivity contribution is 5.83. The molecule has 3 rings (SSSR count). The lowest BCUT2D eigenvalue weighted by atomic mass is 10.1. The maximum Gasteiger partial charge on any atom is 0.161 e. The highest BCUT2D eigenvalue weighted by Crippen LogP contribution is 2.29. The van der Waals surface area contributed by atoms with Crippen molar-refractivity contribution in [3.8, 4) is 22.7 Å². The van der Waals surface area contributed by atoms with Crippen LogP contribution in [0, 0.1) is 11.7 Å². The number of ketones is 1. The molecular weight excluding hydrogens is 395 g/mol. The highest BCUT2D eigenvalue weighted by atomic mass is 19.1. The summed E-state index contributed by atoms with van der Waals surface area (Å²) >= 11 is 0. The molecule has 2 aromatic carbocycles. The number of aromatic nitrogens is 2. The number of para-hydroxylation sites is 1. The molecule has 0 saturated carbocycles. The van der Waals surface area contributed by atoms with Crippen molar-refractivity contribution in [2.24, 2.45) is 5.92 Å². The van der Waals surface area contributed by atoms with Crippen LogP contribution >= 0.6 is 0 Å². The van der Waals surface area contributed by atoms with Crippen LogP contribution in [0.15, 0.2) is 54.6 Å². The van der Waals surface area contributed by atoms with Gasteiger partial charge in [0.1, 0.15) is 22.9 Å². The van der Waals surface area contributed by atoms with E-state index in [0.717, 1.165) is 11.3 Å². The molecule has 6 heteroatoms. The van der Waals surface area contributed by atoms with Gasteiger partial charge in [0.25, 0.3) is 0 Å². The zero-order chi connectivity index (χ0) is 22.6. The van der Waals surface area contributed by atoms with Gasteiger partial charge in [0.15, 0.2) is 5.78 Å². The van der Waals surface area contributed by atoms with Gasteiger partial charge in [-0.25, -0.2) is 9.07 Å². The summed E-state index contributed by atoms with van der Waals surface area (Å²) in [6, 6.07) is 16.0. The van der Waals surface area contributed by atoms with E-state index in [-0.39, 0.29) is 18.2 Å². The van der Waals surface area contributed by atoms with Crippen molar-refractivity contribution in [3.63, 3.8) is 0 Å². The standard InChI is InChI=1S/C25H29FN2O3/c1-17(2)15-30-21-10-8-9-19(13-21)24-14-20(16-31-25(4,5)18(3)29)27-28(24)23-12-7-6-11-22(23)26/h6-14,17H,15-16H2,1-5H3. The number of nitrogens with zero attached hydrogens (tertiary/aromatic N) is 2. The molecule has 0 radical (unpaired) electrons. The van der Waals surface area contributed by atoms with Gasteiger partial charge in [0.2, 0.25) is 0 Å². The highest BCUT2D eigenvalue weighted by Gasteiger charge is 2.25. The third-order valence-electron chi connectivity index (χ3n) is 4.98. The first kappa shape index (κ1) is 22.7. The largest absolute Gasteiger partial charge is 0.493 e. The smallest absolute Gasteiger partial charge is 0.161 e. The molecule has 3 aromatic rings. The minimum atomic E-state index is -0.924. The number of hydrogen-bond acceptors (Lipinski definition) is 4. The van der Waals surface area contributed by atoms with E-state index < -0.39 is 5.60 Å². The van der Waals surface area contributed by atoms with Gasteiger partial charge in [-0.05, 0) is 57.0 Å². The molecule has 164 valence electrons. The van der Waals surface area contributed by atoms with Crippen molar-refractivity contribution in [1.82, 2.24) is 9.78 Å². The first-order valence-corrected chi connectivity index (χ1v) is 10.4. The van der Waals surface area contributed by atoms with Crippen molar-refractivity contribution in [1.29, 1.82) is 0 Å². The SMILES string of the molecule is CC(=O)C(C)(C)OCc1cc(-c2cccc(OCC(C)C)c2)n(-c2ccccc2F)n1. The molecule has 0 aliphatic carbocycles. The number of carbonyl (C=O) groups is 1. The van der Waals surface area contributed by atoms with E-state index in [4.69, 9.17) is 9.47 Å². The van der Waals surface area contributed by atoms with E-state index in [2.05, 4.69) is 18.9 Å². The summed E-state index contributed by atoms with van der Waals surface area (Å²) in [4.78, 5) is 11.8. The maximum absolute atomic E-state index is 14.6. The van der Waals surface area contributed by atoms with Crippen LogP contribution in [0.4, 0.5) is 4.39 Å². The molecule has 0 aliphatic heterocycles. The lowest BCUT2D eigenvalue weighted by Crippen LogP contribution is -2.32. The summed E-state index contributed by atoms with van der Waals surface area (Å²) in [5.74, 6) is 0.691. The monoisotopic (exact) mass is 424 g/mol. The van der Waals surface area contributed by atoms with Gasteiger partial charge in [-0.15, -0.1) is 0 Å². The average molecular weight is 425 g/mol. The first-order chi connectivity index (χ1) is 14.7. The molecule has 0 amide bonds. The van der Waals surface area contributed by atoms with Crippen molar-refractivity contribution in [3.05, 3.63) is 66.1 Å². The molecule has 0 bridgehead atoms. The fraction of sp³-hybridized carbons (Fsp3) is 0.360. The number of halogens is 1. The third kappa shape index (κ3) is 5.58. The van der Waals surface area contributed by atoms with Crippen molar-refractivity contribution >= 4 is 5.78 Å². The third-order valence-corrected chi connectivity index (χ3v) is 4.98. The number of ether oxygens (including phenoxy) is 2. The van der Waals surface area contributed by atoms with Crippen LogP contribution in [-0.4, -0.2) is 27.8 Å². The lowest BCUT2D eigenvalue weighted by Gasteiger charge is -2.21. The summed E-state index contributed by atoms with van der Waals surface area (Å²) in [5, 5.41) is 4.58. The topological polar surface area (TPSA) is 53.4 Å². The quantitative estimate of drug-likeness (QED) is 0.449. The van der Waals surface area contributed by atoms with Gasteiger partial charge < -0.3 is 9.47 Å². The van der Waals surface area contributed by atoms with E-state index in [9.17, 15) is 9.18 Å². The summed E-state index contributed by atoms with van der Waals surface area (Å²) < 4.78 is 27.8. The Morgan fingerprint density at radius 3 is 2.55 bits per heavy atom. The number of benzene rings is 2. The zero-order valence-corrected chi connectivity index (χ0v) is 18.7. The van der Waals surface area contributed by atoms with Crippen LogP contribution in [-0.2, 0) is 16.1 Å². The Labute approximate surface area is 182 Å². The first-order valence-electron chi connectivity index (χ1n) is 10.4. The molecular formula is C25H29FN2O3. The van der Waals surface area contributed by atoms with Crippen LogP contribution in [0.1, 0.15) is 40.3 Å². The molecule has 5 nitrogen and oxygen atoms in total. The summed E-state index contributed by atoms with van der Waals surface area (Å²) in [6.45, 7) is 9.85. The normalized spacial score (nSPS) is 11.7. The second-order valence-electron chi connectivity index (χ2n) is 8.47. The van der Waals surface area contributed by atoms with Crippen LogP contribution < -0.4 is 4.74 Å². The van der Waals surface area contributed by atoms with Crippen molar-refractivity contribution < 1.29 is 18.7 Å². The molecule has 0 atom stereocenters. The Bertz CT molecular complexity index is 1060. The average Bonchev–Trinajstić information content (AvgIpc) is 3.15. The van der Waals surface area contributed by atoms with E-state index in [1.165, 1.54) is 13.0 Å². The summed E-state index contributed by atoms with van der Waals surface area (Å²) in [7, 11) is 0. The predicted octanol–water partition coefficient (Wildman–Crippen LogP) is 5.60. The van der Waals surface area contributed by atoms with Crippen molar-refractivity contribution in [2.75, 3.05) is 6.61 Å². The number of Topliss-reactive ketones (excluding diaryl/α,β-unsaturated/α-hetero) is 1. The Hall–Kier alpha value is -2.99. The second-order valence-corrected chi connectivity index (χ2v) is 8.47. The Balaban J connectivity index is 2.00. The van der Waals surface area contributed by atoms with Gasteiger partial charge in [-0.1, -0.05) is 38.1 Å². The van der Waals surface area contributed by atoms with Gasteiger partial charge in [0, 0.05) is 5.56 Å². The maximum atomic E-state index is 14.6. The van der Waals surface area contributed by atoms with E-state index >= 15 is 0 Å². The van der Waals surface area contributed by atoms with E-state index in [1.807, 2.05) is 30.3 Å². The van der Waals surface area contributed by atoms with Crippen LogP contribution in [0.5, 0.6) is 5.75 Å². The Morgan fingerprint density at radius 1 is 1.13 bits per heavy atom. The second kappa shape index (κ2) is 9.43. The minimum absolute atomic E-state index is 0.0729. The molecule has 0 aliphatic rings. The van der Waals surface area contributed by atoms with Gasteiger partial charge in [0.05, 0.1) is 24.6 Å². The van der Waals surface area contributed by atoms with Gasteiger partial charge in [-0.3, -0.25) is 4.79 Å². The molecule has 0 spiro atoms. The summed E-state index contributed by atoms with van der Waals surface area (Å²) in [6.07, 6.45) is 0. The Morgan fingerprint density at radius 2 is 1.87 bits per heavy atom. The zero-order valence-electron chi connectivity index (χ0n) is 18.7. The molecule has 0 fully saturated rings. The lowest BCUT2D eigenvalue weighted by molar-refractivity contribution is -0.139.